The van der Waals surface area contributed by atoms with Gasteiger partial charge in [0.2, 0.25) is 11.8 Å². The molecule has 0 fully saturated rings. The zero-order chi connectivity index (χ0) is 19.8. The van der Waals surface area contributed by atoms with E-state index in [0.717, 1.165) is 17.0 Å². The van der Waals surface area contributed by atoms with E-state index >= 15 is 0 Å². The summed E-state index contributed by atoms with van der Waals surface area (Å²) in [5, 5.41) is 10.2. The summed E-state index contributed by atoms with van der Waals surface area (Å²) in [6.07, 6.45) is 1.62. The highest BCUT2D eigenvalue weighted by molar-refractivity contribution is 8.00. The van der Waals surface area contributed by atoms with Crippen LogP contribution >= 0.6 is 34.4 Å². The average molecular weight is 435 g/mol. The smallest absolute Gasteiger partial charge is 0.236 e. The molecular weight excluding hydrogens is 416 g/mol. The Kier molecular flexibility index (Phi) is 7.40. The molecule has 2 amide bonds. The SMILES string of the molecule is CCOc1ccc(-c2csc(NC(=O)CSCC(=O)Nc3nccs3)n2)cc1. The number of nitrogens with zero attached hydrogens (tertiary/aromatic N) is 2. The Hall–Kier alpha value is -2.43. The van der Waals surface area contributed by atoms with Crippen LogP contribution in [0.2, 0.25) is 0 Å². The lowest BCUT2D eigenvalue weighted by Crippen LogP contribution is -2.18. The first-order valence-corrected chi connectivity index (χ1v) is 11.3. The Morgan fingerprint density at radius 1 is 1.07 bits per heavy atom. The van der Waals surface area contributed by atoms with Crippen molar-refractivity contribution in [2.75, 3.05) is 28.7 Å². The predicted octanol–water partition coefficient (Wildman–Crippen LogP) is 3.98. The number of hydrogen-bond acceptors (Lipinski definition) is 8. The maximum Gasteiger partial charge on any atom is 0.236 e. The summed E-state index contributed by atoms with van der Waals surface area (Å²) < 4.78 is 5.43. The quantitative estimate of drug-likeness (QED) is 0.529. The number of hydrogen-bond donors (Lipinski definition) is 2. The Bertz CT molecular complexity index is 911. The minimum atomic E-state index is -0.195. The normalized spacial score (nSPS) is 10.5. The maximum atomic E-state index is 12.0. The number of thiazole rings is 2. The average Bonchev–Trinajstić information content (AvgIpc) is 3.35. The first-order valence-electron chi connectivity index (χ1n) is 8.39. The van der Waals surface area contributed by atoms with Crippen LogP contribution in [0.15, 0.2) is 41.2 Å². The lowest BCUT2D eigenvalue weighted by atomic mass is 10.2. The van der Waals surface area contributed by atoms with Gasteiger partial charge in [-0.1, -0.05) is 0 Å². The molecule has 0 radical (unpaired) electrons. The summed E-state index contributed by atoms with van der Waals surface area (Å²) >= 11 is 3.95. The predicted molar refractivity (Wildman–Crippen MR) is 115 cm³/mol. The van der Waals surface area contributed by atoms with E-state index in [1.54, 1.807) is 11.6 Å². The van der Waals surface area contributed by atoms with Crippen LogP contribution in [0.4, 0.5) is 10.3 Å². The molecule has 2 heterocycles. The second-order valence-corrected chi connectivity index (χ2v) is 8.16. The molecule has 0 aliphatic carbocycles. The van der Waals surface area contributed by atoms with Gasteiger partial charge in [-0.15, -0.1) is 34.4 Å². The molecular formula is C18H18N4O3S3. The van der Waals surface area contributed by atoms with E-state index in [0.29, 0.717) is 16.9 Å². The van der Waals surface area contributed by atoms with Crippen molar-refractivity contribution in [2.24, 2.45) is 0 Å². The highest BCUT2D eigenvalue weighted by Crippen LogP contribution is 2.26. The molecule has 0 saturated carbocycles. The van der Waals surface area contributed by atoms with E-state index in [2.05, 4.69) is 20.6 Å². The molecule has 0 atom stereocenters. The summed E-state index contributed by atoms with van der Waals surface area (Å²) in [5.41, 5.74) is 1.74. The minimum absolute atomic E-state index is 0.170. The number of carbonyl (C=O) groups excluding carboxylic acids is 2. The maximum absolute atomic E-state index is 12.0. The van der Waals surface area contributed by atoms with Crippen molar-refractivity contribution in [1.29, 1.82) is 0 Å². The number of amides is 2. The first kappa shape index (κ1) is 20.3. The highest BCUT2D eigenvalue weighted by atomic mass is 32.2. The van der Waals surface area contributed by atoms with Crippen molar-refractivity contribution in [3.05, 3.63) is 41.2 Å². The number of rotatable bonds is 9. The van der Waals surface area contributed by atoms with Crippen LogP contribution in [-0.2, 0) is 9.59 Å². The van der Waals surface area contributed by atoms with Crippen molar-refractivity contribution in [1.82, 2.24) is 9.97 Å². The van der Waals surface area contributed by atoms with Gasteiger partial charge in [-0.05, 0) is 31.2 Å². The van der Waals surface area contributed by atoms with Gasteiger partial charge in [0, 0.05) is 22.5 Å². The molecule has 1 aromatic carbocycles. The minimum Gasteiger partial charge on any atom is -0.494 e. The molecule has 28 heavy (non-hydrogen) atoms. The third-order valence-electron chi connectivity index (χ3n) is 3.36. The fourth-order valence-electron chi connectivity index (χ4n) is 2.18. The fourth-order valence-corrected chi connectivity index (χ4v) is 4.08. The van der Waals surface area contributed by atoms with E-state index in [9.17, 15) is 9.59 Å². The summed E-state index contributed by atoms with van der Waals surface area (Å²) in [5.74, 6) is 0.788. The first-order chi connectivity index (χ1) is 13.6. The van der Waals surface area contributed by atoms with Gasteiger partial charge < -0.3 is 15.4 Å². The summed E-state index contributed by atoms with van der Waals surface area (Å²) in [4.78, 5) is 32.2. The number of thioether (sulfide) groups is 1. The second-order valence-electron chi connectivity index (χ2n) is 5.42. The molecule has 3 rings (SSSR count). The van der Waals surface area contributed by atoms with Crippen LogP contribution in [-0.4, -0.2) is 39.9 Å². The van der Waals surface area contributed by atoms with E-state index in [1.165, 1.54) is 34.4 Å². The standard InChI is InChI=1S/C18H18N4O3S3/c1-2-25-13-5-3-12(4-6-13)14-9-28-18(20-14)22-16(24)11-26-10-15(23)21-17-19-7-8-27-17/h3-9H,2,10-11H2,1H3,(H,19,21,23)(H,20,22,24). The summed E-state index contributed by atoms with van der Waals surface area (Å²) in [6, 6.07) is 7.65. The van der Waals surface area contributed by atoms with Gasteiger partial charge in [0.15, 0.2) is 10.3 Å². The van der Waals surface area contributed by atoms with E-state index < -0.39 is 0 Å². The monoisotopic (exact) mass is 434 g/mol. The Labute approximate surface area is 174 Å². The Balaban J connectivity index is 1.44. The van der Waals surface area contributed by atoms with Crippen LogP contribution < -0.4 is 15.4 Å². The number of benzene rings is 1. The van der Waals surface area contributed by atoms with Gasteiger partial charge in [-0.3, -0.25) is 9.59 Å². The van der Waals surface area contributed by atoms with E-state index in [4.69, 9.17) is 4.74 Å². The van der Waals surface area contributed by atoms with Crippen molar-refractivity contribution in [2.45, 2.75) is 6.92 Å². The van der Waals surface area contributed by atoms with E-state index in [1.807, 2.05) is 36.6 Å². The number of anilines is 2. The van der Waals surface area contributed by atoms with Gasteiger partial charge in [0.05, 0.1) is 23.8 Å². The van der Waals surface area contributed by atoms with Gasteiger partial charge >= 0.3 is 0 Å². The van der Waals surface area contributed by atoms with Crippen LogP contribution in [0.5, 0.6) is 5.75 Å². The third kappa shape index (κ3) is 6.04. The Morgan fingerprint density at radius 2 is 1.79 bits per heavy atom. The number of ether oxygens (including phenoxy) is 1. The van der Waals surface area contributed by atoms with Crippen molar-refractivity contribution in [3.63, 3.8) is 0 Å². The zero-order valence-electron chi connectivity index (χ0n) is 15.0. The van der Waals surface area contributed by atoms with Crippen molar-refractivity contribution < 1.29 is 14.3 Å². The van der Waals surface area contributed by atoms with Gasteiger partial charge in [-0.2, -0.15) is 0 Å². The molecule has 2 N–H and O–H groups in total. The molecule has 0 spiro atoms. The molecule has 7 nitrogen and oxygen atoms in total. The van der Waals surface area contributed by atoms with Crippen LogP contribution in [0.3, 0.4) is 0 Å². The largest absolute Gasteiger partial charge is 0.494 e. The number of aromatic nitrogens is 2. The molecule has 146 valence electrons. The van der Waals surface area contributed by atoms with Crippen molar-refractivity contribution in [3.8, 4) is 17.0 Å². The Morgan fingerprint density at radius 3 is 2.43 bits per heavy atom. The summed E-state index contributed by atoms with van der Waals surface area (Å²) in [6.45, 7) is 2.56. The molecule has 0 aliphatic heterocycles. The number of nitrogens with one attached hydrogen (secondary N) is 2. The van der Waals surface area contributed by atoms with Gasteiger partial charge in [0.25, 0.3) is 0 Å². The second kappa shape index (κ2) is 10.2. The lowest BCUT2D eigenvalue weighted by molar-refractivity contribution is -0.114. The topological polar surface area (TPSA) is 93.2 Å². The third-order valence-corrected chi connectivity index (χ3v) is 5.74. The van der Waals surface area contributed by atoms with Crippen LogP contribution in [0, 0.1) is 0 Å². The molecule has 2 aromatic heterocycles. The van der Waals surface area contributed by atoms with Crippen LogP contribution in [0.1, 0.15) is 6.92 Å². The zero-order valence-corrected chi connectivity index (χ0v) is 17.5. The molecule has 3 aromatic rings. The molecule has 0 aliphatic rings. The van der Waals surface area contributed by atoms with Crippen molar-refractivity contribution >= 4 is 56.5 Å². The number of carbonyl (C=O) groups is 2. The molecule has 0 unspecified atom stereocenters. The molecule has 0 bridgehead atoms. The van der Waals surface area contributed by atoms with E-state index in [-0.39, 0.29) is 23.3 Å². The molecule has 0 saturated heterocycles. The molecule has 10 heteroatoms. The summed E-state index contributed by atoms with van der Waals surface area (Å²) in [7, 11) is 0. The lowest BCUT2D eigenvalue weighted by Gasteiger charge is -2.03. The fraction of sp³-hybridized carbons (Fsp3) is 0.222. The highest BCUT2D eigenvalue weighted by Gasteiger charge is 2.10. The van der Waals surface area contributed by atoms with Gasteiger partial charge in [-0.25, -0.2) is 9.97 Å². The van der Waals surface area contributed by atoms with Gasteiger partial charge in [0.1, 0.15) is 5.75 Å². The van der Waals surface area contributed by atoms with Crippen LogP contribution in [0.25, 0.3) is 11.3 Å².